The maximum atomic E-state index is 14.4. The molecular formula is C22H21ClF3NO5. The van der Waals surface area contributed by atoms with Gasteiger partial charge in [0.15, 0.2) is 5.60 Å². The van der Waals surface area contributed by atoms with E-state index in [1.807, 2.05) is 0 Å². The van der Waals surface area contributed by atoms with Crippen LogP contribution in [0.1, 0.15) is 52.0 Å². The van der Waals surface area contributed by atoms with Gasteiger partial charge in [0.05, 0.1) is 11.1 Å². The van der Waals surface area contributed by atoms with Crippen molar-refractivity contribution < 1.29 is 37.0 Å². The Morgan fingerprint density at radius 2 is 1.78 bits per heavy atom. The van der Waals surface area contributed by atoms with E-state index in [0.29, 0.717) is 11.3 Å². The summed E-state index contributed by atoms with van der Waals surface area (Å²) in [6.45, 7) is 5.09. The number of cyclic esters (lactones) is 1. The van der Waals surface area contributed by atoms with E-state index in [1.54, 1.807) is 20.8 Å². The van der Waals surface area contributed by atoms with Crippen molar-refractivity contribution in [3.8, 4) is 0 Å². The van der Waals surface area contributed by atoms with Crippen LogP contribution in [0.15, 0.2) is 18.2 Å². The molecule has 2 aliphatic carbocycles. The molecule has 5 rings (SSSR count). The highest BCUT2D eigenvalue weighted by molar-refractivity contribution is 6.31. The smallest absolute Gasteiger partial charge is 0.433 e. The SMILES string of the molecule is CC1(C)[C@@]2(C)CC[C@]1(C(=O)N1C(=O)OC(C3CC3)(C(F)(F)F)c3cc(Cl)ccc31)OC2=O. The molecule has 0 N–H and O–H groups in total. The van der Waals surface area contributed by atoms with Gasteiger partial charge in [-0.3, -0.25) is 9.59 Å². The summed E-state index contributed by atoms with van der Waals surface area (Å²) in [4.78, 5) is 40.1. The van der Waals surface area contributed by atoms with E-state index < -0.39 is 52.1 Å². The zero-order valence-electron chi connectivity index (χ0n) is 17.6. The Kier molecular flexibility index (Phi) is 4.03. The first-order valence-electron chi connectivity index (χ1n) is 10.4. The van der Waals surface area contributed by atoms with Gasteiger partial charge >= 0.3 is 18.2 Å². The fraction of sp³-hybridized carbons (Fsp3) is 0.591. The van der Waals surface area contributed by atoms with Crippen LogP contribution in [0.3, 0.4) is 0 Å². The van der Waals surface area contributed by atoms with Crippen LogP contribution in [0.25, 0.3) is 0 Å². The topological polar surface area (TPSA) is 72.9 Å². The third-order valence-corrected chi connectivity index (χ3v) is 8.47. The quantitative estimate of drug-likeness (QED) is 0.560. The zero-order valence-corrected chi connectivity index (χ0v) is 18.4. The molecule has 0 radical (unpaired) electrons. The van der Waals surface area contributed by atoms with Crippen molar-refractivity contribution in [3.05, 3.63) is 28.8 Å². The van der Waals surface area contributed by atoms with Crippen LogP contribution < -0.4 is 4.90 Å². The number of alkyl halides is 3. The number of anilines is 1. The Labute approximate surface area is 187 Å². The third kappa shape index (κ3) is 2.25. The lowest BCUT2D eigenvalue weighted by Crippen LogP contribution is -2.62. The number of imide groups is 1. The number of carbonyl (C=O) groups is 3. The number of fused-ring (bicyclic) bond motifs is 3. The highest BCUT2D eigenvalue weighted by atomic mass is 35.5. The maximum absolute atomic E-state index is 14.4. The molecule has 1 aromatic carbocycles. The molecular weight excluding hydrogens is 451 g/mol. The monoisotopic (exact) mass is 471 g/mol. The normalized spacial score (nSPS) is 35.4. The molecule has 0 aromatic heterocycles. The average Bonchev–Trinajstić information content (AvgIpc) is 3.49. The van der Waals surface area contributed by atoms with E-state index >= 15 is 0 Å². The Morgan fingerprint density at radius 1 is 1.12 bits per heavy atom. The molecule has 3 atom stereocenters. The van der Waals surface area contributed by atoms with Crippen molar-refractivity contribution >= 4 is 35.3 Å². The summed E-state index contributed by atoms with van der Waals surface area (Å²) in [6, 6.07) is 3.63. The number of hydrogen-bond donors (Lipinski definition) is 0. The number of ether oxygens (including phenoxy) is 2. The van der Waals surface area contributed by atoms with Crippen LogP contribution in [-0.2, 0) is 24.7 Å². The summed E-state index contributed by atoms with van der Waals surface area (Å²) in [6.07, 6.45) is -5.40. The summed E-state index contributed by atoms with van der Waals surface area (Å²) in [7, 11) is 0. The lowest BCUT2D eigenvalue weighted by Gasteiger charge is -2.45. The highest BCUT2D eigenvalue weighted by Gasteiger charge is 2.78. The molecule has 1 aromatic rings. The summed E-state index contributed by atoms with van der Waals surface area (Å²) >= 11 is 6.03. The van der Waals surface area contributed by atoms with E-state index in [1.165, 1.54) is 12.1 Å². The van der Waals surface area contributed by atoms with Gasteiger partial charge in [0.1, 0.15) is 0 Å². The van der Waals surface area contributed by atoms with Crippen LogP contribution in [0.5, 0.6) is 0 Å². The molecule has 0 spiro atoms. The van der Waals surface area contributed by atoms with Crippen molar-refractivity contribution in [1.82, 2.24) is 0 Å². The lowest BCUT2D eigenvalue weighted by atomic mass is 9.66. The van der Waals surface area contributed by atoms with Crippen molar-refractivity contribution in [1.29, 1.82) is 0 Å². The van der Waals surface area contributed by atoms with Crippen molar-refractivity contribution in [3.63, 3.8) is 0 Å². The summed E-state index contributed by atoms with van der Waals surface area (Å²) in [5, 5.41) is 0.0163. The minimum atomic E-state index is -4.91. The van der Waals surface area contributed by atoms with Gasteiger partial charge in [0, 0.05) is 21.9 Å². The first-order valence-corrected chi connectivity index (χ1v) is 10.8. The van der Waals surface area contributed by atoms with Crippen LogP contribution >= 0.6 is 11.6 Å². The molecule has 2 saturated carbocycles. The number of amides is 2. The molecule has 10 heteroatoms. The Balaban J connectivity index is 1.69. The highest BCUT2D eigenvalue weighted by Crippen LogP contribution is 2.67. The van der Waals surface area contributed by atoms with Gasteiger partial charge < -0.3 is 9.47 Å². The number of carbonyl (C=O) groups excluding carboxylic acids is 3. The number of hydrogen-bond acceptors (Lipinski definition) is 5. The van der Waals surface area contributed by atoms with E-state index in [4.69, 9.17) is 21.1 Å². The van der Waals surface area contributed by atoms with E-state index in [-0.39, 0.29) is 35.5 Å². The lowest BCUT2D eigenvalue weighted by molar-refractivity contribution is -0.274. The van der Waals surface area contributed by atoms with Gasteiger partial charge in [-0.25, -0.2) is 9.69 Å². The second kappa shape index (κ2) is 5.98. The fourth-order valence-corrected chi connectivity index (χ4v) is 5.84. The van der Waals surface area contributed by atoms with Crippen molar-refractivity contribution in [2.75, 3.05) is 4.90 Å². The van der Waals surface area contributed by atoms with Gasteiger partial charge in [-0.2, -0.15) is 13.2 Å². The van der Waals surface area contributed by atoms with Crippen molar-refractivity contribution in [2.24, 2.45) is 16.7 Å². The minimum Gasteiger partial charge on any atom is -0.448 e. The molecule has 6 nitrogen and oxygen atoms in total. The van der Waals surface area contributed by atoms with Gasteiger partial charge in [0.2, 0.25) is 5.60 Å². The van der Waals surface area contributed by atoms with Crippen molar-refractivity contribution in [2.45, 2.75) is 63.8 Å². The molecule has 2 heterocycles. The molecule has 1 saturated heterocycles. The molecule has 2 amide bonds. The fourth-order valence-electron chi connectivity index (χ4n) is 5.67. The number of halogens is 4. The zero-order chi connectivity index (χ0) is 23.5. The number of esters is 1. The first-order chi connectivity index (χ1) is 14.7. The summed E-state index contributed by atoms with van der Waals surface area (Å²) < 4.78 is 53.8. The Hall–Kier alpha value is -2.29. The molecule has 1 unspecified atom stereocenters. The average molecular weight is 472 g/mol. The Bertz CT molecular complexity index is 1080. The largest absolute Gasteiger partial charge is 0.448 e. The number of rotatable bonds is 2. The first kappa shape index (κ1) is 21.6. The van der Waals surface area contributed by atoms with E-state index in [9.17, 15) is 27.6 Å². The van der Waals surface area contributed by atoms with Gasteiger partial charge in [-0.15, -0.1) is 0 Å². The van der Waals surface area contributed by atoms with Gasteiger partial charge in [-0.05, 0) is 50.8 Å². The van der Waals surface area contributed by atoms with Crippen LogP contribution in [0.4, 0.5) is 23.7 Å². The summed E-state index contributed by atoms with van der Waals surface area (Å²) in [5.74, 6) is -2.43. The molecule has 4 aliphatic rings. The predicted octanol–water partition coefficient (Wildman–Crippen LogP) is 5.11. The Morgan fingerprint density at radius 3 is 2.28 bits per heavy atom. The molecule has 32 heavy (non-hydrogen) atoms. The molecule has 2 aliphatic heterocycles. The minimum absolute atomic E-state index is 0.0163. The van der Waals surface area contributed by atoms with E-state index in [2.05, 4.69) is 0 Å². The van der Waals surface area contributed by atoms with Gasteiger partial charge in [0.25, 0.3) is 5.91 Å². The second-order valence-corrected chi connectivity index (χ2v) is 10.3. The predicted molar refractivity (Wildman–Crippen MR) is 106 cm³/mol. The standard InChI is InChI=1S/C22H21ClF3NO5/c1-18(2)19(3)8-9-20(18,31-16(19)29)15(28)27-14-7-6-12(23)10-13(14)21(11-4-5-11,22(24,25)26)32-17(27)30/h6-7,10-11H,4-5,8-9H2,1-3H3/t19-,20+,21?/m0/s1. The molecule has 3 fully saturated rings. The molecule has 2 bridgehead atoms. The summed E-state index contributed by atoms with van der Waals surface area (Å²) in [5.41, 5.74) is -7.14. The molecule has 172 valence electrons. The maximum Gasteiger partial charge on any atom is 0.433 e. The van der Waals surface area contributed by atoms with Crippen LogP contribution in [0.2, 0.25) is 5.02 Å². The van der Waals surface area contributed by atoms with Crippen LogP contribution in [0, 0.1) is 16.7 Å². The van der Waals surface area contributed by atoms with Crippen LogP contribution in [-0.4, -0.2) is 29.7 Å². The second-order valence-electron chi connectivity index (χ2n) is 9.85. The van der Waals surface area contributed by atoms with Gasteiger partial charge in [-0.1, -0.05) is 25.4 Å². The van der Waals surface area contributed by atoms with E-state index in [0.717, 1.165) is 6.07 Å². The third-order valence-electron chi connectivity index (χ3n) is 8.24. The number of benzene rings is 1. The number of nitrogens with zero attached hydrogens (tertiary/aromatic N) is 1.